The minimum atomic E-state index is -0.0163. The van der Waals surface area contributed by atoms with E-state index in [0.29, 0.717) is 26.3 Å². The summed E-state index contributed by atoms with van der Waals surface area (Å²) in [5.41, 5.74) is 4.14. The summed E-state index contributed by atoms with van der Waals surface area (Å²) in [6.45, 7) is 6.15. The lowest BCUT2D eigenvalue weighted by Gasteiger charge is -2.21. The van der Waals surface area contributed by atoms with Gasteiger partial charge < -0.3 is 14.8 Å². The minimum absolute atomic E-state index is 0.0163. The van der Waals surface area contributed by atoms with Gasteiger partial charge in [-0.05, 0) is 49.7 Å². The minimum Gasteiger partial charge on any atom is -0.486 e. The van der Waals surface area contributed by atoms with Gasteiger partial charge in [-0.3, -0.25) is 9.69 Å². The molecule has 25 heavy (non-hydrogen) atoms. The number of fused-ring (bicyclic) bond motifs is 1. The second-order valence-electron chi connectivity index (χ2n) is 6.47. The van der Waals surface area contributed by atoms with E-state index in [1.165, 1.54) is 0 Å². The topological polar surface area (TPSA) is 50.8 Å². The van der Waals surface area contributed by atoms with Crippen LogP contribution in [0.15, 0.2) is 36.4 Å². The molecule has 1 heterocycles. The van der Waals surface area contributed by atoms with Crippen molar-refractivity contribution in [3.63, 3.8) is 0 Å². The molecule has 132 valence electrons. The highest BCUT2D eigenvalue weighted by molar-refractivity contribution is 5.93. The van der Waals surface area contributed by atoms with Crippen LogP contribution < -0.4 is 14.8 Å². The SMILES string of the molecule is Cc1cccc(C)c1NC(=O)CN(C)Cc1ccc2c(c1)OCCO2. The van der Waals surface area contributed by atoms with Crippen molar-refractivity contribution in [3.8, 4) is 11.5 Å². The first-order valence-electron chi connectivity index (χ1n) is 8.46. The number of nitrogens with zero attached hydrogens (tertiary/aromatic N) is 1. The number of para-hydroxylation sites is 1. The van der Waals surface area contributed by atoms with Gasteiger partial charge in [-0.15, -0.1) is 0 Å². The molecule has 2 aromatic carbocycles. The molecular formula is C20H24N2O3. The van der Waals surface area contributed by atoms with Gasteiger partial charge in [0.1, 0.15) is 13.2 Å². The first-order chi connectivity index (χ1) is 12.0. The Hall–Kier alpha value is -2.53. The molecule has 0 aliphatic carbocycles. The standard InChI is InChI=1S/C20H24N2O3/c1-14-5-4-6-15(2)20(14)21-19(23)13-22(3)12-16-7-8-17-18(11-16)25-10-9-24-17/h4-8,11H,9-10,12-13H2,1-3H3,(H,21,23). The van der Waals surface area contributed by atoms with Crippen molar-refractivity contribution in [2.45, 2.75) is 20.4 Å². The largest absolute Gasteiger partial charge is 0.486 e. The third kappa shape index (κ3) is 4.31. The van der Waals surface area contributed by atoms with Crippen molar-refractivity contribution in [3.05, 3.63) is 53.1 Å². The zero-order valence-corrected chi connectivity index (χ0v) is 15.0. The summed E-state index contributed by atoms with van der Waals surface area (Å²) in [6, 6.07) is 11.9. The van der Waals surface area contributed by atoms with Gasteiger partial charge >= 0.3 is 0 Å². The summed E-state index contributed by atoms with van der Waals surface area (Å²) in [5, 5.41) is 3.02. The average molecular weight is 340 g/mol. The predicted octanol–water partition coefficient (Wildman–Crippen LogP) is 3.15. The third-order valence-corrected chi connectivity index (χ3v) is 4.22. The first-order valence-corrected chi connectivity index (χ1v) is 8.46. The van der Waals surface area contributed by atoms with Crippen LogP contribution in [0.1, 0.15) is 16.7 Å². The van der Waals surface area contributed by atoms with Crippen LogP contribution >= 0.6 is 0 Å². The molecule has 1 aliphatic rings. The molecule has 1 aliphatic heterocycles. The molecule has 0 bridgehead atoms. The Morgan fingerprint density at radius 2 is 1.76 bits per heavy atom. The first kappa shape index (κ1) is 17.3. The molecular weight excluding hydrogens is 316 g/mol. The van der Waals surface area contributed by atoms with E-state index in [4.69, 9.17) is 9.47 Å². The number of amides is 1. The summed E-state index contributed by atoms with van der Waals surface area (Å²) in [5.74, 6) is 1.54. The maximum Gasteiger partial charge on any atom is 0.238 e. The Morgan fingerprint density at radius 3 is 2.48 bits per heavy atom. The highest BCUT2D eigenvalue weighted by Crippen LogP contribution is 2.31. The predicted molar refractivity (Wildman–Crippen MR) is 98.3 cm³/mol. The van der Waals surface area contributed by atoms with Crippen LogP contribution in [-0.2, 0) is 11.3 Å². The van der Waals surface area contributed by atoms with Crippen LogP contribution in [0.25, 0.3) is 0 Å². The number of benzene rings is 2. The van der Waals surface area contributed by atoms with Gasteiger partial charge in [-0.1, -0.05) is 24.3 Å². The average Bonchev–Trinajstić information content (AvgIpc) is 2.58. The lowest BCUT2D eigenvalue weighted by Crippen LogP contribution is -2.30. The number of anilines is 1. The van der Waals surface area contributed by atoms with E-state index < -0.39 is 0 Å². The molecule has 1 N–H and O–H groups in total. The Balaban J connectivity index is 1.59. The molecule has 0 saturated heterocycles. The van der Waals surface area contributed by atoms with E-state index in [9.17, 15) is 4.79 Å². The molecule has 0 aromatic heterocycles. The van der Waals surface area contributed by atoms with Crippen LogP contribution in [0.5, 0.6) is 11.5 Å². The normalized spacial score (nSPS) is 13.0. The van der Waals surface area contributed by atoms with Gasteiger partial charge in [-0.25, -0.2) is 0 Å². The van der Waals surface area contributed by atoms with Crippen LogP contribution in [0, 0.1) is 13.8 Å². The van der Waals surface area contributed by atoms with Crippen LogP contribution in [0.4, 0.5) is 5.69 Å². The number of aryl methyl sites for hydroxylation is 2. The van der Waals surface area contributed by atoms with E-state index in [1.807, 2.05) is 62.2 Å². The summed E-state index contributed by atoms with van der Waals surface area (Å²) < 4.78 is 11.1. The number of rotatable bonds is 5. The summed E-state index contributed by atoms with van der Waals surface area (Å²) >= 11 is 0. The Morgan fingerprint density at radius 1 is 1.08 bits per heavy atom. The molecule has 0 spiro atoms. The maximum absolute atomic E-state index is 12.4. The molecule has 0 radical (unpaired) electrons. The fourth-order valence-electron chi connectivity index (χ4n) is 2.99. The van der Waals surface area contributed by atoms with Gasteiger partial charge in [-0.2, -0.15) is 0 Å². The molecule has 0 fully saturated rings. The van der Waals surface area contributed by atoms with Crippen molar-refractivity contribution in [2.24, 2.45) is 0 Å². The Bertz CT molecular complexity index is 753. The van der Waals surface area contributed by atoms with Gasteiger partial charge in [0.15, 0.2) is 11.5 Å². The number of hydrogen-bond donors (Lipinski definition) is 1. The second kappa shape index (κ2) is 7.57. The number of carbonyl (C=O) groups excluding carboxylic acids is 1. The van der Waals surface area contributed by atoms with E-state index in [-0.39, 0.29) is 5.91 Å². The van der Waals surface area contributed by atoms with Crippen molar-refractivity contribution < 1.29 is 14.3 Å². The summed E-state index contributed by atoms with van der Waals surface area (Å²) in [6.07, 6.45) is 0. The van der Waals surface area contributed by atoms with Crippen LogP contribution in [0.2, 0.25) is 0 Å². The highest BCUT2D eigenvalue weighted by atomic mass is 16.6. The highest BCUT2D eigenvalue weighted by Gasteiger charge is 2.14. The van der Waals surface area contributed by atoms with Gasteiger partial charge in [0, 0.05) is 12.2 Å². The molecule has 0 atom stereocenters. The van der Waals surface area contributed by atoms with Crippen molar-refractivity contribution in [2.75, 3.05) is 32.1 Å². The lowest BCUT2D eigenvalue weighted by molar-refractivity contribution is -0.117. The third-order valence-electron chi connectivity index (χ3n) is 4.22. The number of nitrogens with one attached hydrogen (secondary N) is 1. The van der Waals surface area contributed by atoms with Crippen LogP contribution in [0.3, 0.4) is 0 Å². The molecule has 5 nitrogen and oxygen atoms in total. The molecule has 5 heteroatoms. The zero-order chi connectivity index (χ0) is 17.8. The molecule has 0 saturated carbocycles. The number of carbonyl (C=O) groups is 1. The summed E-state index contributed by atoms with van der Waals surface area (Å²) in [4.78, 5) is 14.3. The number of hydrogen-bond acceptors (Lipinski definition) is 4. The van der Waals surface area contributed by atoms with Crippen LogP contribution in [-0.4, -0.2) is 37.6 Å². The van der Waals surface area contributed by atoms with Crippen molar-refractivity contribution in [1.82, 2.24) is 4.90 Å². The summed E-state index contributed by atoms with van der Waals surface area (Å²) in [7, 11) is 1.93. The smallest absolute Gasteiger partial charge is 0.238 e. The molecule has 1 amide bonds. The lowest BCUT2D eigenvalue weighted by atomic mass is 10.1. The van der Waals surface area contributed by atoms with Crippen molar-refractivity contribution in [1.29, 1.82) is 0 Å². The van der Waals surface area contributed by atoms with Gasteiger partial charge in [0.25, 0.3) is 0 Å². The zero-order valence-electron chi connectivity index (χ0n) is 15.0. The fourth-order valence-corrected chi connectivity index (χ4v) is 2.99. The van der Waals surface area contributed by atoms with E-state index >= 15 is 0 Å². The van der Waals surface area contributed by atoms with E-state index in [0.717, 1.165) is 33.9 Å². The quantitative estimate of drug-likeness (QED) is 0.908. The fraction of sp³-hybridized carbons (Fsp3) is 0.350. The number of ether oxygens (including phenoxy) is 2. The van der Waals surface area contributed by atoms with Gasteiger partial charge in [0.05, 0.1) is 6.54 Å². The van der Waals surface area contributed by atoms with Crippen molar-refractivity contribution >= 4 is 11.6 Å². The van der Waals surface area contributed by atoms with E-state index in [1.54, 1.807) is 0 Å². The molecule has 3 rings (SSSR count). The second-order valence-corrected chi connectivity index (χ2v) is 6.47. The van der Waals surface area contributed by atoms with E-state index in [2.05, 4.69) is 5.32 Å². The number of likely N-dealkylation sites (N-methyl/N-ethyl adjacent to an activating group) is 1. The molecule has 2 aromatic rings. The Labute approximate surface area is 148 Å². The monoisotopic (exact) mass is 340 g/mol. The maximum atomic E-state index is 12.4. The van der Waals surface area contributed by atoms with Gasteiger partial charge in [0.2, 0.25) is 5.91 Å². The Kier molecular flexibility index (Phi) is 5.24. The molecule has 0 unspecified atom stereocenters.